The molecule has 1 aromatic carbocycles. The maximum Gasteiger partial charge on any atom is 0.267 e. The van der Waals surface area contributed by atoms with Gasteiger partial charge in [0, 0.05) is 37.9 Å². The average molecular weight is 558 g/mol. The minimum absolute atomic E-state index is 0.0604. The van der Waals surface area contributed by atoms with Gasteiger partial charge in [0.1, 0.15) is 11.8 Å². The van der Waals surface area contributed by atoms with Gasteiger partial charge in [0.05, 0.1) is 23.9 Å². The summed E-state index contributed by atoms with van der Waals surface area (Å²) >= 11 is 0. The molecule has 0 unspecified atom stereocenters. The minimum Gasteiger partial charge on any atom is -0.486 e. The molecule has 2 N–H and O–H groups in total. The number of aromatic nitrogens is 2. The van der Waals surface area contributed by atoms with E-state index >= 15 is 0 Å². The van der Waals surface area contributed by atoms with Crippen molar-refractivity contribution in [3.8, 4) is 5.75 Å². The van der Waals surface area contributed by atoms with Gasteiger partial charge >= 0.3 is 0 Å². The van der Waals surface area contributed by atoms with Gasteiger partial charge in [-0.3, -0.25) is 19.4 Å². The summed E-state index contributed by atoms with van der Waals surface area (Å²) in [5.41, 5.74) is 1.66. The summed E-state index contributed by atoms with van der Waals surface area (Å²) in [6.45, 7) is 8.14. The second-order valence-electron chi connectivity index (χ2n) is 10.1. The molecule has 0 saturated carbocycles. The van der Waals surface area contributed by atoms with Crippen LogP contribution in [-0.2, 0) is 16.6 Å². The Morgan fingerprint density at radius 3 is 2.59 bits per heavy atom. The number of nitrogens with one attached hydrogen (secondary N) is 1. The Balaban J connectivity index is 1.73. The van der Waals surface area contributed by atoms with E-state index in [0.717, 1.165) is 5.56 Å². The first kappa shape index (κ1) is 28.5. The first-order valence-electron chi connectivity index (χ1n) is 12.8. The average Bonchev–Trinajstić information content (AvgIpc) is 3.25. The molecule has 3 aromatic rings. The lowest BCUT2D eigenvalue weighted by Crippen LogP contribution is -2.49. The van der Waals surface area contributed by atoms with Crippen LogP contribution >= 0.6 is 0 Å². The number of fused-ring (bicyclic) bond motifs is 1. The van der Waals surface area contributed by atoms with Crippen molar-refractivity contribution in [2.75, 3.05) is 31.5 Å². The topological polar surface area (TPSA) is 138 Å². The standard InChI is InChI=1S/C27H35N5O6S/c1-17-13-32(18(2)16-33)27(34)22-7-6-8-23(30-39(35,36)26-19(3)29-38-20(26)4)25(22)37-24(17)15-31(5)14-21-9-11-28-12-10-21/h6-12,17-18,24,30,33H,13-16H2,1-5H3/t17-,18-,24-/m0/s1. The first-order valence-corrected chi connectivity index (χ1v) is 14.2. The molecule has 210 valence electrons. The van der Waals surface area contributed by atoms with Gasteiger partial charge in [-0.15, -0.1) is 0 Å². The number of nitrogens with zero attached hydrogens (tertiary/aromatic N) is 4. The number of aliphatic hydroxyl groups is 1. The van der Waals surface area contributed by atoms with Crippen LogP contribution in [0.25, 0.3) is 0 Å². The number of aryl methyl sites for hydroxylation is 2. The molecule has 1 aliphatic rings. The van der Waals surface area contributed by atoms with E-state index in [4.69, 9.17) is 9.26 Å². The molecular formula is C27H35N5O6S. The Hall–Kier alpha value is -3.48. The molecule has 4 rings (SSSR count). The van der Waals surface area contributed by atoms with Gasteiger partial charge in [-0.1, -0.05) is 18.1 Å². The van der Waals surface area contributed by atoms with E-state index in [9.17, 15) is 18.3 Å². The van der Waals surface area contributed by atoms with Crippen molar-refractivity contribution in [1.82, 2.24) is 19.9 Å². The third kappa shape index (κ3) is 6.23. The van der Waals surface area contributed by atoms with E-state index in [1.807, 2.05) is 26.1 Å². The Morgan fingerprint density at radius 2 is 1.95 bits per heavy atom. The van der Waals surface area contributed by atoms with Crippen LogP contribution in [0.3, 0.4) is 0 Å². The fourth-order valence-electron chi connectivity index (χ4n) is 4.77. The monoisotopic (exact) mass is 557 g/mol. The number of hydrogen-bond acceptors (Lipinski definition) is 9. The number of benzene rings is 1. The quantitative estimate of drug-likeness (QED) is 0.407. The molecule has 0 fully saturated rings. The molecule has 39 heavy (non-hydrogen) atoms. The summed E-state index contributed by atoms with van der Waals surface area (Å²) in [5, 5.41) is 13.7. The van der Waals surface area contributed by atoms with Crippen LogP contribution in [0.2, 0.25) is 0 Å². The molecule has 0 saturated heterocycles. The van der Waals surface area contributed by atoms with Gasteiger partial charge in [0.25, 0.3) is 15.9 Å². The molecule has 3 atom stereocenters. The van der Waals surface area contributed by atoms with Crippen LogP contribution in [0.1, 0.15) is 41.2 Å². The predicted octanol–water partition coefficient (Wildman–Crippen LogP) is 2.84. The van der Waals surface area contributed by atoms with Crippen molar-refractivity contribution >= 4 is 21.6 Å². The second kappa shape index (κ2) is 11.7. The van der Waals surface area contributed by atoms with Crippen LogP contribution in [0.15, 0.2) is 52.1 Å². The van der Waals surface area contributed by atoms with Crippen LogP contribution in [-0.4, -0.2) is 78.3 Å². The van der Waals surface area contributed by atoms with E-state index in [1.54, 1.807) is 49.3 Å². The summed E-state index contributed by atoms with van der Waals surface area (Å²) in [7, 11) is -2.13. The highest BCUT2D eigenvalue weighted by Crippen LogP contribution is 2.36. The van der Waals surface area contributed by atoms with Crippen LogP contribution < -0.4 is 9.46 Å². The number of pyridine rings is 1. The Kier molecular flexibility index (Phi) is 8.57. The summed E-state index contributed by atoms with van der Waals surface area (Å²) in [6, 6.07) is 8.21. The Bertz CT molecular complexity index is 1390. The largest absolute Gasteiger partial charge is 0.486 e. The maximum absolute atomic E-state index is 13.7. The number of hydrogen-bond donors (Lipinski definition) is 2. The van der Waals surface area contributed by atoms with Crippen molar-refractivity contribution in [2.24, 2.45) is 5.92 Å². The molecule has 2 aromatic heterocycles. The number of para-hydroxylation sites is 1. The molecule has 0 radical (unpaired) electrons. The smallest absolute Gasteiger partial charge is 0.267 e. The van der Waals surface area contributed by atoms with Gasteiger partial charge in [0.15, 0.2) is 16.4 Å². The summed E-state index contributed by atoms with van der Waals surface area (Å²) < 4.78 is 40.9. The number of anilines is 1. The summed E-state index contributed by atoms with van der Waals surface area (Å²) in [5.74, 6) is -0.187. The molecule has 3 heterocycles. The number of aliphatic hydroxyl groups excluding tert-OH is 1. The molecule has 1 aliphatic heterocycles. The van der Waals surface area contributed by atoms with E-state index in [1.165, 1.54) is 6.92 Å². The molecule has 0 aliphatic carbocycles. The highest BCUT2D eigenvalue weighted by molar-refractivity contribution is 7.92. The van der Waals surface area contributed by atoms with Gasteiger partial charge in [-0.2, -0.15) is 0 Å². The van der Waals surface area contributed by atoms with E-state index in [-0.39, 0.29) is 51.8 Å². The zero-order valence-corrected chi connectivity index (χ0v) is 23.6. The predicted molar refractivity (Wildman–Crippen MR) is 145 cm³/mol. The lowest BCUT2D eigenvalue weighted by atomic mass is 9.99. The van der Waals surface area contributed by atoms with Crippen LogP contribution in [0.5, 0.6) is 5.75 Å². The molecule has 0 spiro atoms. The van der Waals surface area contributed by atoms with Crippen molar-refractivity contribution in [3.63, 3.8) is 0 Å². The highest BCUT2D eigenvalue weighted by Gasteiger charge is 2.35. The maximum atomic E-state index is 13.7. The number of ether oxygens (including phenoxy) is 1. The SMILES string of the molecule is Cc1noc(C)c1S(=O)(=O)Nc1cccc2c1O[C@@H](CN(C)Cc1ccncc1)[C@@H](C)CN([C@@H](C)CO)C2=O. The molecule has 11 nitrogen and oxygen atoms in total. The Labute approximate surface area is 228 Å². The van der Waals surface area contributed by atoms with Crippen LogP contribution in [0, 0.1) is 19.8 Å². The number of rotatable bonds is 9. The molecule has 12 heteroatoms. The summed E-state index contributed by atoms with van der Waals surface area (Å²) in [6.07, 6.45) is 3.08. The van der Waals surface area contributed by atoms with Crippen molar-refractivity contribution in [2.45, 2.75) is 51.3 Å². The Morgan fingerprint density at radius 1 is 1.23 bits per heavy atom. The first-order chi connectivity index (χ1) is 18.5. The number of carbonyl (C=O) groups excluding carboxylic acids is 1. The third-order valence-corrected chi connectivity index (χ3v) is 8.47. The van der Waals surface area contributed by atoms with E-state index in [0.29, 0.717) is 19.6 Å². The molecule has 0 bridgehead atoms. The number of amides is 1. The lowest BCUT2D eigenvalue weighted by Gasteiger charge is -2.38. The van der Waals surface area contributed by atoms with Gasteiger partial charge in [-0.05, 0) is 57.6 Å². The highest BCUT2D eigenvalue weighted by atomic mass is 32.2. The second-order valence-corrected chi connectivity index (χ2v) is 11.7. The summed E-state index contributed by atoms with van der Waals surface area (Å²) in [4.78, 5) is 21.4. The number of carbonyl (C=O) groups is 1. The normalized spacial score (nSPS) is 18.7. The number of likely N-dealkylation sites (N-methyl/N-ethyl adjacent to an activating group) is 1. The van der Waals surface area contributed by atoms with Gasteiger partial charge in [-0.25, -0.2) is 8.42 Å². The fraction of sp³-hybridized carbons (Fsp3) is 0.444. The van der Waals surface area contributed by atoms with E-state index < -0.39 is 22.2 Å². The van der Waals surface area contributed by atoms with Crippen molar-refractivity contribution < 1.29 is 27.6 Å². The molecular weight excluding hydrogens is 522 g/mol. The fourth-order valence-corrected chi connectivity index (χ4v) is 6.16. The lowest BCUT2D eigenvalue weighted by molar-refractivity contribution is 0.0344. The third-order valence-electron chi connectivity index (χ3n) is 6.87. The molecule has 1 amide bonds. The van der Waals surface area contributed by atoms with Gasteiger partial charge in [0.2, 0.25) is 0 Å². The van der Waals surface area contributed by atoms with Crippen molar-refractivity contribution in [1.29, 1.82) is 0 Å². The minimum atomic E-state index is -4.10. The van der Waals surface area contributed by atoms with Gasteiger partial charge < -0.3 is 19.3 Å². The zero-order valence-electron chi connectivity index (χ0n) is 22.8. The van der Waals surface area contributed by atoms with E-state index in [2.05, 4.69) is 19.8 Å². The van der Waals surface area contributed by atoms with Crippen LogP contribution in [0.4, 0.5) is 5.69 Å². The zero-order chi connectivity index (χ0) is 28.3. The van der Waals surface area contributed by atoms with Crippen molar-refractivity contribution in [3.05, 3.63) is 65.3 Å². The number of sulfonamides is 1.